The van der Waals surface area contributed by atoms with Crippen molar-refractivity contribution < 1.29 is 14.7 Å². The monoisotopic (exact) mass is 282 g/mol. The summed E-state index contributed by atoms with van der Waals surface area (Å²) in [6.45, 7) is 4.41. The Balaban J connectivity index is 2.21. The largest absolute Gasteiger partial charge is 0.480 e. The molecule has 1 fully saturated rings. The first-order chi connectivity index (χ1) is 9.04. The van der Waals surface area contributed by atoms with Crippen LogP contribution in [-0.4, -0.2) is 39.5 Å². The van der Waals surface area contributed by atoms with E-state index in [9.17, 15) is 9.59 Å². The molecule has 0 bridgehead atoms. The van der Waals surface area contributed by atoms with Crippen LogP contribution in [0.1, 0.15) is 46.6 Å². The molecule has 2 heterocycles. The number of carboxylic acid groups (broad SMARTS) is 1. The van der Waals surface area contributed by atoms with Gasteiger partial charge in [-0.05, 0) is 32.6 Å². The van der Waals surface area contributed by atoms with E-state index in [0.29, 0.717) is 17.8 Å². The summed E-state index contributed by atoms with van der Waals surface area (Å²) in [6, 6.07) is -0.677. The van der Waals surface area contributed by atoms with Gasteiger partial charge in [-0.25, -0.2) is 9.78 Å². The second-order valence-corrected chi connectivity index (χ2v) is 5.85. The number of rotatable bonds is 4. The minimum Gasteiger partial charge on any atom is -0.480 e. The number of aromatic nitrogens is 1. The Kier molecular flexibility index (Phi) is 4.19. The molecule has 5 nitrogen and oxygen atoms in total. The van der Waals surface area contributed by atoms with E-state index in [1.807, 2.05) is 6.92 Å². The van der Waals surface area contributed by atoms with E-state index in [0.717, 1.165) is 30.0 Å². The molecule has 19 heavy (non-hydrogen) atoms. The van der Waals surface area contributed by atoms with Crippen LogP contribution in [0.25, 0.3) is 0 Å². The van der Waals surface area contributed by atoms with Gasteiger partial charge in [0.25, 0.3) is 5.91 Å². The number of carbonyl (C=O) groups is 2. The van der Waals surface area contributed by atoms with Crippen LogP contribution in [0.2, 0.25) is 0 Å². The van der Waals surface area contributed by atoms with Gasteiger partial charge in [0.05, 0.1) is 10.7 Å². The number of aryl methyl sites for hydroxylation is 2. The van der Waals surface area contributed by atoms with E-state index < -0.39 is 12.0 Å². The molecule has 1 aromatic heterocycles. The Labute approximate surface area is 116 Å². The minimum absolute atomic E-state index is 0.178. The van der Waals surface area contributed by atoms with Gasteiger partial charge in [0.1, 0.15) is 10.9 Å². The molecule has 0 aliphatic carbocycles. The highest BCUT2D eigenvalue weighted by atomic mass is 32.1. The summed E-state index contributed by atoms with van der Waals surface area (Å²) in [5.41, 5.74) is 0.717. The van der Waals surface area contributed by atoms with E-state index in [2.05, 4.69) is 11.9 Å². The highest BCUT2D eigenvalue weighted by Gasteiger charge is 2.35. The molecule has 1 saturated heterocycles. The van der Waals surface area contributed by atoms with E-state index in [1.165, 1.54) is 16.2 Å². The molecule has 1 atom stereocenters. The highest BCUT2D eigenvalue weighted by molar-refractivity contribution is 7.13. The molecule has 1 aromatic rings. The molecule has 104 valence electrons. The summed E-state index contributed by atoms with van der Waals surface area (Å²) in [5.74, 6) is -1.09. The lowest BCUT2D eigenvalue weighted by molar-refractivity contribution is -0.141. The van der Waals surface area contributed by atoms with Crippen LogP contribution in [0.4, 0.5) is 0 Å². The lowest BCUT2D eigenvalue weighted by atomic mass is 10.2. The lowest BCUT2D eigenvalue weighted by Crippen LogP contribution is -2.40. The van der Waals surface area contributed by atoms with Crippen LogP contribution in [-0.2, 0) is 11.2 Å². The highest BCUT2D eigenvalue weighted by Crippen LogP contribution is 2.25. The first-order valence-electron chi connectivity index (χ1n) is 6.54. The molecule has 0 radical (unpaired) electrons. The summed E-state index contributed by atoms with van der Waals surface area (Å²) in [5, 5.41) is 10.1. The van der Waals surface area contributed by atoms with Gasteiger partial charge in [0.15, 0.2) is 0 Å². The molecule has 1 unspecified atom stereocenters. The summed E-state index contributed by atoms with van der Waals surface area (Å²) in [7, 11) is 0. The van der Waals surface area contributed by atoms with Crippen molar-refractivity contribution in [2.45, 2.75) is 45.6 Å². The zero-order chi connectivity index (χ0) is 14.0. The number of carboxylic acids is 1. The predicted octanol–water partition coefficient (Wildman–Crippen LogP) is 2.09. The van der Waals surface area contributed by atoms with Crippen LogP contribution < -0.4 is 0 Å². The maximum absolute atomic E-state index is 12.4. The van der Waals surface area contributed by atoms with Crippen molar-refractivity contribution in [1.82, 2.24) is 9.88 Å². The number of carbonyl (C=O) groups excluding carboxylic acids is 1. The summed E-state index contributed by atoms with van der Waals surface area (Å²) < 4.78 is 0. The maximum Gasteiger partial charge on any atom is 0.326 e. The summed E-state index contributed by atoms with van der Waals surface area (Å²) >= 11 is 1.40. The Morgan fingerprint density at radius 3 is 2.89 bits per heavy atom. The number of amides is 1. The number of thiazole rings is 1. The number of hydrogen-bond acceptors (Lipinski definition) is 4. The van der Waals surface area contributed by atoms with Crippen LogP contribution in [0.15, 0.2) is 0 Å². The minimum atomic E-state index is -0.915. The standard InChI is InChI=1S/C13H18N2O3S/c1-3-5-10-14-8(2)11(19-10)12(16)15-7-4-6-9(15)13(17)18/h9H,3-7H2,1-2H3,(H,17,18). The van der Waals surface area contributed by atoms with Crippen LogP contribution in [0, 0.1) is 6.92 Å². The Morgan fingerprint density at radius 1 is 1.53 bits per heavy atom. The van der Waals surface area contributed by atoms with Gasteiger partial charge in [0.2, 0.25) is 0 Å². The maximum atomic E-state index is 12.4. The molecule has 1 N–H and O–H groups in total. The predicted molar refractivity (Wildman–Crippen MR) is 72.5 cm³/mol. The molecular formula is C13H18N2O3S. The molecule has 2 rings (SSSR count). The lowest BCUT2D eigenvalue weighted by Gasteiger charge is -2.20. The van der Waals surface area contributed by atoms with Crippen molar-refractivity contribution in [2.24, 2.45) is 0 Å². The molecule has 0 saturated carbocycles. The van der Waals surface area contributed by atoms with E-state index in [-0.39, 0.29) is 5.91 Å². The number of hydrogen-bond donors (Lipinski definition) is 1. The third-order valence-corrected chi connectivity index (χ3v) is 4.50. The molecule has 6 heteroatoms. The van der Waals surface area contributed by atoms with Crippen molar-refractivity contribution >= 4 is 23.2 Å². The number of aliphatic carboxylic acids is 1. The fraction of sp³-hybridized carbons (Fsp3) is 0.615. The number of nitrogens with zero attached hydrogens (tertiary/aromatic N) is 2. The van der Waals surface area contributed by atoms with Gasteiger partial charge in [-0.15, -0.1) is 11.3 Å². The van der Waals surface area contributed by atoms with Gasteiger partial charge in [0, 0.05) is 6.54 Å². The van der Waals surface area contributed by atoms with Crippen molar-refractivity contribution in [3.63, 3.8) is 0 Å². The fourth-order valence-electron chi connectivity index (χ4n) is 2.37. The van der Waals surface area contributed by atoms with Gasteiger partial charge in [-0.3, -0.25) is 4.79 Å². The zero-order valence-corrected chi connectivity index (χ0v) is 12.0. The Morgan fingerprint density at radius 2 is 2.26 bits per heavy atom. The quantitative estimate of drug-likeness (QED) is 0.918. The van der Waals surface area contributed by atoms with E-state index >= 15 is 0 Å². The van der Waals surface area contributed by atoms with Crippen LogP contribution in [0.5, 0.6) is 0 Å². The van der Waals surface area contributed by atoms with E-state index in [4.69, 9.17) is 5.11 Å². The second-order valence-electron chi connectivity index (χ2n) is 4.77. The van der Waals surface area contributed by atoms with Gasteiger partial charge in [-0.1, -0.05) is 6.92 Å². The normalized spacial score (nSPS) is 18.8. The zero-order valence-electron chi connectivity index (χ0n) is 11.2. The average molecular weight is 282 g/mol. The van der Waals surface area contributed by atoms with Crippen molar-refractivity contribution in [2.75, 3.05) is 6.54 Å². The van der Waals surface area contributed by atoms with Gasteiger partial charge in [-0.2, -0.15) is 0 Å². The average Bonchev–Trinajstić information content (AvgIpc) is 2.95. The smallest absolute Gasteiger partial charge is 0.326 e. The summed E-state index contributed by atoms with van der Waals surface area (Å²) in [4.78, 5) is 30.0. The Hall–Kier alpha value is -1.43. The molecule has 0 spiro atoms. The van der Waals surface area contributed by atoms with Crippen LogP contribution >= 0.6 is 11.3 Å². The van der Waals surface area contributed by atoms with E-state index in [1.54, 1.807) is 0 Å². The van der Waals surface area contributed by atoms with Gasteiger partial charge >= 0.3 is 5.97 Å². The first kappa shape index (κ1) is 14.0. The molecule has 1 aliphatic rings. The van der Waals surface area contributed by atoms with Crippen molar-refractivity contribution in [3.05, 3.63) is 15.6 Å². The molecule has 1 aliphatic heterocycles. The van der Waals surface area contributed by atoms with Crippen LogP contribution in [0.3, 0.4) is 0 Å². The third kappa shape index (κ3) is 2.78. The Bertz CT molecular complexity index is 498. The topological polar surface area (TPSA) is 70.5 Å². The van der Waals surface area contributed by atoms with Crippen molar-refractivity contribution in [3.8, 4) is 0 Å². The second kappa shape index (κ2) is 5.69. The summed E-state index contributed by atoms with van der Waals surface area (Å²) in [6.07, 6.45) is 3.15. The molecule has 1 amide bonds. The first-order valence-corrected chi connectivity index (χ1v) is 7.36. The molecular weight excluding hydrogens is 264 g/mol. The van der Waals surface area contributed by atoms with Crippen molar-refractivity contribution in [1.29, 1.82) is 0 Å². The number of likely N-dealkylation sites (tertiary alicyclic amines) is 1. The third-order valence-electron chi connectivity index (χ3n) is 3.30. The SMILES string of the molecule is CCCc1nc(C)c(C(=O)N2CCCC2C(=O)O)s1. The molecule has 0 aromatic carbocycles. The fourth-order valence-corrected chi connectivity index (χ4v) is 3.49. The van der Waals surface area contributed by atoms with Gasteiger partial charge < -0.3 is 10.0 Å².